The van der Waals surface area contributed by atoms with Crippen LogP contribution in [0.15, 0.2) is 48.5 Å². The van der Waals surface area contributed by atoms with Gasteiger partial charge in [0.05, 0.1) is 24.8 Å². The number of hydrogen-bond acceptors (Lipinski definition) is 4. The number of anilines is 2. The summed E-state index contributed by atoms with van der Waals surface area (Å²) in [5, 5.41) is 3.22. The van der Waals surface area contributed by atoms with E-state index in [4.69, 9.17) is 4.74 Å². The number of hydrogen-bond donors (Lipinski definition) is 1. The second-order valence-electron chi connectivity index (χ2n) is 8.79. The number of nitrogens with one attached hydrogen (secondary N) is 1. The molecule has 2 aliphatic heterocycles. The van der Waals surface area contributed by atoms with Gasteiger partial charge in [0.1, 0.15) is 5.75 Å². The van der Waals surface area contributed by atoms with Crippen molar-refractivity contribution in [3.05, 3.63) is 54.1 Å². The number of benzene rings is 2. The van der Waals surface area contributed by atoms with Crippen LogP contribution in [0.1, 0.15) is 25.8 Å². The number of piperazine rings is 1. The molecule has 1 saturated heterocycles. The first-order chi connectivity index (χ1) is 14.6. The molecule has 2 aromatic carbocycles. The van der Waals surface area contributed by atoms with Crippen molar-refractivity contribution in [3.63, 3.8) is 0 Å². The highest BCUT2D eigenvalue weighted by atomic mass is 16.5. The number of carbonyl (C=O) groups excluding carboxylic acids is 1. The topological polar surface area (TPSA) is 44.8 Å². The van der Waals surface area contributed by atoms with E-state index in [1.165, 1.54) is 11.3 Å². The summed E-state index contributed by atoms with van der Waals surface area (Å²) in [5.74, 6) is 1.61. The number of amides is 1. The fourth-order valence-electron chi connectivity index (χ4n) is 4.78. The van der Waals surface area contributed by atoms with Crippen LogP contribution in [0.5, 0.6) is 5.75 Å². The van der Waals surface area contributed by atoms with E-state index in [9.17, 15) is 4.79 Å². The van der Waals surface area contributed by atoms with Gasteiger partial charge in [0, 0.05) is 31.9 Å². The van der Waals surface area contributed by atoms with Gasteiger partial charge in [-0.15, -0.1) is 0 Å². The molecular weight excluding hydrogens is 374 g/mol. The molecule has 4 rings (SSSR count). The highest BCUT2D eigenvalue weighted by molar-refractivity contribution is 5.82. The molecule has 1 N–H and O–H groups in total. The van der Waals surface area contributed by atoms with Gasteiger partial charge in [0.15, 0.2) is 0 Å². The lowest BCUT2D eigenvalue weighted by Gasteiger charge is -2.49. The molecule has 0 radical (unpaired) electrons. The molecule has 0 bridgehead atoms. The van der Waals surface area contributed by atoms with Crippen molar-refractivity contribution in [2.45, 2.75) is 32.7 Å². The monoisotopic (exact) mass is 407 g/mol. The molecule has 1 amide bonds. The number of methoxy groups -OCH3 is 1. The Hall–Kier alpha value is -2.69. The molecule has 0 aliphatic carbocycles. The summed E-state index contributed by atoms with van der Waals surface area (Å²) in [5.41, 5.74) is 3.68. The van der Waals surface area contributed by atoms with Gasteiger partial charge in [-0.25, -0.2) is 0 Å². The summed E-state index contributed by atoms with van der Waals surface area (Å²) >= 11 is 0. The Labute approximate surface area is 180 Å². The van der Waals surface area contributed by atoms with Crippen LogP contribution in [0.4, 0.5) is 11.4 Å². The van der Waals surface area contributed by atoms with Crippen LogP contribution in [-0.4, -0.2) is 45.2 Å². The van der Waals surface area contributed by atoms with Crippen LogP contribution in [0.3, 0.4) is 0 Å². The Morgan fingerprint density at radius 3 is 2.60 bits per heavy atom. The van der Waals surface area contributed by atoms with Gasteiger partial charge in [-0.1, -0.05) is 44.2 Å². The zero-order chi connectivity index (χ0) is 21.1. The first-order valence-corrected chi connectivity index (χ1v) is 11.1. The molecule has 2 unspecified atom stereocenters. The number of nitrogens with zero attached hydrogens (tertiary/aromatic N) is 2. The predicted molar refractivity (Wildman–Crippen MR) is 122 cm³/mol. The van der Waals surface area contributed by atoms with Crippen molar-refractivity contribution < 1.29 is 9.53 Å². The van der Waals surface area contributed by atoms with E-state index >= 15 is 0 Å². The van der Waals surface area contributed by atoms with E-state index in [2.05, 4.69) is 65.4 Å². The molecule has 0 aromatic heterocycles. The maximum atomic E-state index is 13.2. The maximum Gasteiger partial charge on any atom is 0.225 e. The standard InChI is InChI=1S/C25H33N3O2/c1-18(2)12-13-26-25(29)20-16-19-8-4-5-9-21(19)28-15-14-27(17-23(20)28)22-10-6-7-11-24(22)30-3/h4-11,18,20,23H,12-17H2,1-3H3,(H,26,29). The Morgan fingerprint density at radius 2 is 1.83 bits per heavy atom. The third-order valence-electron chi connectivity index (χ3n) is 6.41. The molecule has 5 heteroatoms. The van der Waals surface area contributed by atoms with E-state index < -0.39 is 0 Å². The zero-order valence-corrected chi connectivity index (χ0v) is 18.3. The van der Waals surface area contributed by atoms with Gasteiger partial charge >= 0.3 is 0 Å². The second kappa shape index (κ2) is 8.99. The van der Waals surface area contributed by atoms with Crippen molar-refractivity contribution in [1.82, 2.24) is 5.32 Å². The lowest BCUT2D eigenvalue weighted by molar-refractivity contribution is -0.125. The second-order valence-corrected chi connectivity index (χ2v) is 8.79. The molecule has 5 nitrogen and oxygen atoms in total. The van der Waals surface area contributed by atoms with Gasteiger partial charge < -0.3 is 19.9 Å². The van der Waals surface area contributed by atoms with Crippen molar-refractivity contribution >= 4 is 17.3 Å². The van der Waals surface area contributed by atoms with Gasteiger partial charge in [0.2, 0.25) is 5.91 Å². The maximum absolute atomic E-state index is 13.2. The zero-order valence-electron chi connectivity index (χ0n) is 18.3. The average molecular weight is 408 g/mol. The van der Waals surface area contributed by atoms with E-state index in [0.717, 1.165) is 50.5 Å². The third-order valence-corrected chi connectivity index (χ3v) is 6.41. The van der Waals surface area contributed by atoms with Crippen molar-refractivity contribution in [1.29, 1.82) is 0 Å². The van der Waals surface area contributed by atoms with Crippen LogP contribution in [0.2, 0.25) is 0 Å². The van der Waals surface area contributed by atoms with E-state index in [1.54, 1.807) is 7.11 Å². The van der Waals surface area contributed by atoms with Crippen LogP contribution >= 0.6 is 0 Å². The van der Waals surface area contributed by atoms with E-state index in [-0.39, 0.29) is 17.9 Å². The predicted octanol–water partition coefficient (Wildman–Crippen LogP) is 3.73. The van der Waals surface area contributed by atoms with Crippen LogP contribution in [0, 0.1) is 11.8 Å². The number of carbonyl (C=O) groups is 1. The minimum Gasteiger partial charge on any atom is -0.495 e. The fraction of sp³-hybridized carbons (Fsp3) is 0.480. The summed E-state index contributed by atoms with van der Waals surface area (Å²) in [4.78, 5) is 18.1. The molecule has 160 valence electrons. The Bertz CT molecular complexity index is 882. The van der Waals surface area contributed by atoms with Crippen LogP contribution < -0.4 is 19.9 Å². The van der Waals surface area contributed by atoms with Crippen molar-refractivity contribution in [2.24, 2.45) is 11.8 Å². The van der Waals surface area contributed by atoms with Gasteiger partial charge in [-0.2, -0.15) is 0 Å². The number of fused-ring (bicyclic) bond motifs is 3. The minimum atomic E-state index is -0.0513. The first-order valence-electron chi connectivity index (χ1n) is 11.1. The summed E-state index contributed by atoms with van der Waals surface area (Å²) in [6, 6.07) is 16.9. The average Bonchev–Trinajstić information content (AvgIpc) is 2.77. The Balaban J connectivity index is 1.59. The quantitative estimate of drug-likeness (QED) is 0.793. The van der Waals surface area contributed by atoms with E-state index in [0.29, 0.717) is 5.92 Å². The largest absolute Gasteiger partial charge is 0.495 e. The molecule has 0 saturated carbocycles. The van der Waals surface area contributed by atoms with Crippen molar-refractivity contribution in [2.75, 3.05) is 43.1 Å². The molecule has 2 aromatic rings. The fourth-order valence-corrected chi connectivity index (χ4v) is 4.78. The third kappa shape index (κ3) is 4.11. The van der Waals surface area contributed by atoms with Crippen LogP contribution in [0.25, 0.3) is 0 Å². The molecule has 2 atom stereocenters. The van der Waals surface area contributed by atoms with Gasteiger partial charge in [-0.05, 0) is 42.5 Å². The molecule has 30 heavy (non-hydrogen) atoms. The molecular formula is C25H33N3O2. The molecule has 1 fully saturated rings. The normalized spacial score (nSPS) is 20.5. The molecule has 2 aliphatic rings. The van der Waals surface area contributed by atoms with Crippen molar-refractivity contribution in [3.8, 4) is 5.75 Å². The number of rotatable bonds is 6. The van der Waals surface area contributed by atoms with Gasteiger partial charge in [0.25, 0.3) is 0 Å². The highest BCUT2D eigenvalue weighted by Crippen LogP contribution is 2.38. The molecule has 2 heterocycles. The number of ether oxygens (including phenoxy) is 1. The summed E-state index contributed by atoms with van der Waals surface area (Å²) in [7, 11) is 1.72. The Morgan fingerprint density at radius 1 is 1.10 bits per heavy atom. The smallest absolute Gasteiger partial charge is 0.225 e. The minimum absolute atomic E-state index is 0.0513. The van der Waals surface area contributed by atoms with Gasteiger partial charge in [-0.3, -0.25) is 4.79 Å². The SMILES string of the molecule is COc1ccccc1N1CCN2c3ccccc3CC(C(=O)NCCC(C)C)C2C1. The van der Waals surface area contributed by atoms with E-state index in [1.807, 2.05) is 12.1 Å². The molecule has 0 spiro atoms. The highest BCUT2D eigenvalue weighted by Gasteiger charge is 2.41. The summed E-state index contributed by atoms with van der Waals surface area (Å²) in [6.07, 6.45) is 1.81. The Kier molecular flexibility index (Phi) is 6.16. The lowest BCUT2D eigenvalue weighted by Crippen LogP contribution is -2.61. The lowest BCUT2D eigenvalue weighted by atomic mass is 9.83. The number of para-hydroxylation sites is 3. The summed E-state index contributed by atoms with van der Waals surface area (Å²) < 4.78 is 5.61. The summed E-state index contributed by atoms with van der Waals surface area (Å²) in [6.45, 7) is 7.75. The van der Waals surface area contributed by atoms with Crippen LogP contribution in [-0.2, 0) is 11.2 Å². The first kappa shape index (κ1) is 20.6.